The average molecular weight is 356 g/mol. The van der Waals surface area contributed by atoms with Crippen molar-refractivity contribution in [3.63, 3.8) is 0 Å². The first-order chi connectivity index (χ1) is 12.0. The monoisotopic (exact) mass is 356 g/mol. The standard InChI is InChI=1S/C18H17FN4OS/c1-12-16(21-18(25)20-14-8-6-7-13(19)11-14)17(24)23(22(12)2)15-9-4-3-5-10-15/h3-11H,1-2H3,(H2,20,21,25). The maximum atomic E-state index is 13.3. The molecule has 0 bridgehead atoms. The molecule has 2 aromatic carbocycles. The van der Waals surface area contributed by atoms with E-state index in [1.165, 1.54) is 12.1 Å². The van der Waals surface area contributed by atoms with E-state index < -0.39 is 0 Å². The van der Waals surface area contributed by atoms with Crippen LogP contribution in [-0.4, -0.2) is 14.5 Å². The number of para-hydroxylation sites is 1. The van der Waals surface area contributed by atoms with Crippen LogP contribution in [0.25, 0.3) is 5.69 Å². The summed E-state index contributed by atoms with van der Waals surface area (Å²) in [6.07, 6.45) is 0. The van der Waals surface area contributed by atoms with Crippen LogP contribution in [0.4, 0.5) is 15.8 Å². The van der Waals surface area contributed by atoms with Gasteiger partial charge in [-0.05, 0) is 49.5 Å². The highest BCUT2D eigenvalue weighted by atomic mass is 32.1. The molecule has 1 heterocycles. The molecule has 0 saturated heterocycles. The molecule has 0 amide bonds. The van der Waals surface area contributed by atoms with Crippen molar-refractivity contribution < 1.29 is 4.39 Å². The van der Waals surface area contributed by atoms with Gasteiger partial charge in [0.2, 0.25) is 0 Å². The summed E-state index contributed by atoms with van der Waals surface area (Å²) in [4.78, 5) is 12.8. The Morgan fingerprint density at radius 3 is 2.48 bits per heavy atom. The topological polar surface area (TPSA) is 51.0 Å². The van der Waals surface area contributed by atoms with E-state index in [1.807, 2.05) is 37.3 Å². The lowest BCUT2D eigenvalue weighted by molar-refractivity contribution is 0.628. The van der Waals surface area contributed by atoms with Gasteiger partial charge >= 0.3 is 0 Å². The molecule has 128 valence electrons. The SMILES string of the molecule is Cc1c(NC(=S)Nc2cccc(F)c2)c(=O)n(-c2ccccc2)n1C. The second kappa shape index (κ2) is 6.90. The van der Waals surface area contributed by atoms with Crippen molar-refractivity contribution in [3.05, 3.63) is 76.5 Å². The Balaban J connectivity index is 1.88. The van der Waals surface area contributed by atoms with Crippen molar-refractivity contribution in [2.75, 3.05) is 10.6 Å². The number of hydrogen-bond acceptors (Lipinski definition) is 2. The minimum atomic E-state index is -0.366. The molecule has 0 fully saturated rings. The molecule has 0 atom stereocenters. The molecular weight excluding hydrogens is 339 g/mol. The van der Waals surface area contributed by atoms with Gasteiger partial charge in [-0.25, -0.2) is 9.07 Å². The Morgan fingerprint density at radius 2 is 1.80 bits per heavy atom. The zero-order valence-corrected chi connectivity index (χ0v) is 14.6. The van der Waals surface area contributed by atoms with Crippen LogP contribution in [0.1, 0.15) is 5.69 Å². The molecule has 5 nitrogen and oxygen atoms in total. The van der Waals surface area contributed by atoms with E-state index in [2.05, 4.69) is 10.6 Å². The molecule has 1 aromatic heterocycles. The quantitative estimate of drug-likeness (QED) is 0.706. The summed E-state index contributed by atoms with van der Waals surface area (Å²) in [7, 11) is 1.80. The Labute approximate surface area is 149 Å². The second-order valence-electron chi connectivity index (χ2n) is 5.53. The van der Waals surface area contributed by atoms with Crippen molar-refractivity contribution in [3.8, 4) is 5.69 Å². The van der Waals surface area contributed by atoms with Gasteiger partial charge in [-0.2, -0.15) is 0 Å². The second-order valence-corrected chi connectivity index (χ2v) is 5.93. The number of halogens is 1. The third-order valence-electron chi connectivity index (χ3n) is 3.88. The van der Waals surface area contributed by atoms with E-state index >= 15 is 0 Å². The molecule has 0 spiro atoms. The van der Waals surface area contributed by atoms with Gasteiger partial charge in [-0.3, -0.25) is 9.48 Å². The number of anilines is 2. The lowest BCUT2D eigenvalue weighted by Gasteiger charge is -2.09. The van der Waals surface area contributed by atoms with Gasteiger partial charge in [-0.1, -0.05) is 24.3 Å². The predicted octanol–water partition coefficient (Wildman–Crippen LogP) is 3.43. The van der Waals surface area contributed by atoms with Crippen LogP contribution in [0.15, 0.2) is 59.4 Å². The highest BCUT2D eigenvalue weighted by Gasteiger charge is 2.16. The van der Waals surface area contributed by atoms with Crippen LogP contribution in [0.2, 0.25) is 0 Å². The molecule has 0 unspecified atom stereocenters. The fourth-order valence-corrected chi connectivity index (χ4v) is 2.77. The molecule has 0 aliphatic carbocycles. The minimum Gasteiger partial charge on any atom is -0.332 e. The normalized spacial score (nSPS) is 10.5. The summed E-state index contributed by atoms with van der Waals surface area (Å²) < 4.78 is 16.6. The van der Waals surface area contributed by atoms with Crippen LogP contribution in [0, 0.1) is 12.7 Å². The number of benzene rings is 2. The molecule has 0 aliphatic rings. The first-order valence-corrected chi connectivity index (χ1v) is 8.06. The average Bonchev–Trinajstić information content (AvgIpc) is 2.79. The Bertz CT molecular complexity index is 978. The first-order valence-electron chi connectivity index (χ1n) is 7.65. The summed E-state index contributed by atoms with van der Waals surface area (Å²) in [5, 5.41) is 6.02. The summed E-state index contributed by atoms with van der Waals surface area (Å²) in [5.74, 6) is -0.366. The number of thiocarbonyl (C=S) groups is 1. The van der Waals surface area contributed by atoms with Crippen LogP contribution >= 0.6 is 12.2 Å². The van der Waals surface area contributed by atoms with Crippen LogP contribution < -0.4 is 16.2 Å². The van der Waals surface area contributed by atoms with Gasteiger partial charge in [0.1, 0.15) is 11.5 Å². The van der Waals surface area contributed by atoms with E-state index in [0.29, 0.717) is 11.4 Å². The van der Waals surface area contributed by atoms with Gasteiger partial charge in [0.15, 0.2) is 5.11 Å². The van der Waals surface area contributed by atoms with Gasteiger partial charge in [0.05, 0.1) is 11.4 Å². The summed E-state index contributed by atoms with van der Waals surface area (Å²) in [6, 6.07) is 15.3. The number of rotatable bonds is 3. The van der Waals surface area contributed by atoms with Gasteiger partial charge in [0.25, 0.3) is 5.56 Å². The van der Waals surface area contributed by atoms with Crippen molar-refractivity contribution in [1.29, 1.82) is 0 Å². The van der Waals surface area contributed by atoms with Crippen LogP contribution in [0.5, 0.6) is 0 Å². The van der Waals surface area contributed by atoms with Crippen LogP contribution in [0.3, 0.4) is 0 Å². The summed E-state index contributed by atoms with van der Waals surface area (Å²) >= 11 is 5.25. The molecule has 0 saturated carbocycles. The number of hydrogen-bond donors (Lipinski definition) is 2. The number of nitrogens with zero attached hydrogens (tertiary/aromatic N) is 2. The van der Waals surface area contributed by atoms with Crippen molar-refractivity contribution in [1.82, 2.24) is 9.36 Å². The number of nitrogens with one attached hydrogen (secondary N) is 2. The lowest BCUT2D eigenvalue weighted by atomic mass is 10.3. The zero-order chi connectivity index (χ0) is 18.0. The van der Waals surface area contributed by atoms with Gasteiger partial charge in [0, 0.05) is 12.7 Å². The fraction of sp³-hybridized carbons (Fsp3) is 0.111. The van der Waals surface area contributed by atoms with Crippen LogP contribution in [-0.2, 0) is 7.05 Å². The fourth-order valence-electron chi connectivity index (χ4n) is 2.55. The molecule has 7 heteroatoms. The number of aromatic nitrogens is 2. The largest absolute Gasteiger partial charge is 0.332 e. The molecule has 2 N–H and O–H groups in total. The first kappa shape index (κ1) is 16.9. The van der Waals surface area contributed by atoms with E-state index in [0.717, 1.165) is 11.4 Å². The van der Waals surface area contributed by atoms with Crippen molar-refractivity contribution >= 4 is 28.7 Å². The Morgan fingerprint density at radius 1 is 1.08 bits per heavy atom. The van der Waals surface area contributed by atoms with Gasteiger partial charge < -0.3 is 10.6 Å². The highest BCUT2D eigenvalue weighted by Crippen LogP contribution is 2.15. The minimum absolute atomic E-state index is 0.213. The Kier molecular flexibility index (Phi) is 4.67. The zero-order valence-electron chi connectivity index (χ0n) is 13.8. The third-order valence-corrected chi connectivity index (χ3v) is 4.08. The molecule has 3 rings (SSSR count). The van der Waals surface area contributed by atoms with E-state index in [9.17, 15) is 9.18 Å². The summed E-state index contributed by atoms with van der Waals surface area (Å²) in [5.41, 5.74) is 2.16. The lowest BCUT2D eigenvalue weighted by Crippen LogP contribution is -2.25. The molecular formula is C18H17FN4OS. The van der Waals surface area contributed by atoms with Crippen molar-refractivity contribution in [2.45, 2.75) is 6.92 Å². The summed E-state index contributed by atoms with van der Waals surface area (Å²) in [6.45, 7) is 1.83. The molecule has 3 aromatic rings. The third kappa shape index (κ3) is 3.46. The highest BCUT2D eigenvalue weighted by molar-refractivity contribution is 7.80. The van der Waals surface area contributed by atoms with E-state index in [-0.39, 0.29) is 16.5 Å². The maximum absolute atomic E-state index is 13.3. The van der Waals surface area contributed by atoms with Gasteiger partial charge in [-0.15, -0.1) is 0 Å². The Hall–Kier alpha value is -2.93. The molecule has 0 radical (unpaired) electrons. The van der Waals surface area contributed by atoms with Crippen molar-refractivity contribution in [2.24, 2.45) is 7.05 Å². The van der Waals surface area contributed by atoms with E-state index in [4.69, 9.17) is 12.2 Å². The maximum Gasteiger partial charge on any atom is 0.295 e. The molecule has 0 aliphatic heterocycles. The van der Waals surface area contributed by atoms with E-state index in [1.54, 1.807) is 28.5 Å². The molecule has 25 heavy (non-hydrogen) atoms. The smallest absolute Gasteiger partial charge is 0.295 e. The predicted molar refractivity (Wildman–Crippen MR) is 102 cm³/mol.